The number of anilines is 1. The summed E-state index contributed by atoms with van der Waals surface area (Å²) < 4.78 is 4.82. The molecule has 3 N–H and O–H groups in total. The number of carbonyl (C=O) groups is 1. The van der Waals surface area contributed by atoms with Gasteiger partial charge in [0, 0.05) is 0 Å². The van der Waals surface area contributed by atoms with Gasteiger partial charge >= 0.3 is 5.97 Å². The molecule has 15 heavy (non-hydrogen) atoms. The van der Waals surface area contributed by atoms with Crippen LogP contribution >= 0.6 is 24.0 Å². The lowest BCUT2D eigenvalue weighted by atomic mass is 10.2. The third kappa shape index (κ3) is 3.58. The van der Waals surface area contributed by atoms with Crippen LogP contribution in [0.15, 0.2) is 18.2 Å². The zero-order valence-electron chi connectivity index (χ0n) is 8.12. The molecule has 0 amide bonds. The van der Waals surface area contributed by atoms with Crippen molar-refractivity contribution in [1.29, 1.82) is 0 Å². The average Bonchev–Trinajstić information content (AvgIpc) is 2.19. The smallest absolute Gasteiger partial charge is 0.338 e. The minimum atomic E-state index is -0.388. The van der Waals surface area contributed by atoms with Crippen LogP contribution in [0.25, 0.3) is 0 Å². The monoisotopic (exact) mass is 250 g/mol. The summed E-state index contributed by atoms with van der Waals surface area (Å²) in [6.07, 6.45) is 0. The molecule has 0 fully saturated rings. The van der Waals surface area contributed by atoms with Crippen LogP contribution in [0.3, 0.4) is 0 Å². The standard InChI is InChI=1S/C9H11ClN2O2.ClH/c1-2-14-9(13)6-3-4-7(10)8(5-6)12-11;/h3-5,12H,2,11H2,1H3;1H. The number of nitrogens with one attached hydrogen (secondary N) is 1. The molecule has 1 rings (SSSR count). The Morgan fingerprint density at radius 1 is 1.60 bits per heavy atom. The normalized spacial score (nSPS) is 9.00. The number of hydrogen-bond acceptors (Lipinski definition) is 4. The van der Waals surface area contributed by atoms with Gasteiger partial charge in [-0.25, -0.2) is 4.79 Å². The Morgan fingerprint density at radius 3 is 2.80 bits per heavy atom. The van der Waals surface area contributed by atoms with Gasteiger partial charge in [-0.3, -0.25) is 5.84 Å². The van der Waals surface area contributed by atoms with Crippen LogP contribution in [0.2, 0.25) is 5.02 Å². The van der Waals surface area contributed by atoms with Crippen LogP contribution in [0, 0.1) is 0 Å². The molecule has 0 saturated heterocycles. The molecule has 0 atom stereocenters. The van der Waals surface area contributed by atoms with Gasteiger partial charge < -0.3 is 10.2 Å². The molecule has 0 spiro atoms. The van der Waals surface area contributed by atoms with Crippen molar-refractivity contribution in [1.82, 2.24) is 0 Å². The Hall–Kier alpha value is -0.970. The van der Waals surface area contributed by atoms with Gasteiger partial charge in [-0.1, -0.05) is 11.6 Å². The molecule has 0 aliphatic carbocycles. The molecule has 0 saturated carbocycles. The van der Waals surface area contributed by atoms with E-state index in [4.69, 9.17) is 22.2 Å². The van der Waals surface area contributed by atoms with Crippen molar-refractivity contribution in [2.24, 2.45) is 5.84 Å². The van der Waals surface area contributed by atoms with E-state index in [-0.39, 0.29) is 18.4 Å². The molecule has 0 radical (unpaired) electrons. The van der Waals surface area contributed by atoms with Crippen LogP contribution in [0.4, 0.5) is 5.69 Å². The van der Waals surface area contributed by atoms with Crippen molar-refractivity contribution in [3.8, 4) is 0 Å². The van der Waals surface area contributed by atoms with Crippen molar-refractivity contribution in [3.63, 3.8) is 0 Å². The molecule has 0 bridgehead atoms. The van der Waals surface area contributed by atoms with Gasteiger partial charge in [0.15, 0.2) is 0 Å². The summed E-state index contributed by atoms with van der Waals surface area (Å²) in [5, 5.41) is 0.459. The maximum Gasteiger partial charge on any atom is 0.338 e. The number of rotatable bonds is 3. The van der Waals surface area contributed by atoms with Gasteiger partial charge in [0.25, 0.3) is 0 Å². The van der Waals surface area contributed by atoms with Gasteiger partial charge in [-0.05, 0) is 25.1 Å². The molecule has 0 heterocycles. The molecule has 84 valence electrons. The number of nitrogens with two attached hydrogens (primary N) is 1. The van der Waals surface area contributed by atoms with E-state index in [1.54, 1.807) is 25.1 Å². The zero-order valence-corrected chi connectivity index (χ0v) is 9.69. The van der Waals surface area contributed by atoms with Crippen LogP contribution in [-0.2, 0) is 4.74 Å². The second-order valence-corrected chi connectivity index (χ2v) is 2.97. The first kappa shape index (κ1) is 14.0. The molecule has 0 aliphatic heterocycles. The Kier molecular flexibility index (Phi) is 6.08. The number of hydrogen-bond donors (Lipinski definition) is 2. The molecule has 0 unspecified atom stereocenters. The van der Waals surface area contributed by atoms with E-state index >= 15 is 0 Å². The topological polar surface area (TPSA) is 64.3 Å². The lowest BCUT2D eigenvalue weighted by Crippen LogP contribution is -2.10. The highest BCUT2D eigenvalue weighted by molar-refractivity contribution is 6.33. The summed E-state index contributed by atoms with van der Waals surface area (Å²) in [6.45, 7) is 2.09. The number of esters is 1. The molecule has 4 nitrogen and oxygen atoms in total. The first-order valence-electron chi connectivity index (χ1n) is 4.12. The summed E-state index contributed by atoms with van der Waals surface area (Å²) in [6, 6.07) is 4.71. The van der Waals surface area contributed by atoms with E-state index in [1.807, 2.05) is 0 Å². The van der Waals surface area contributed by atoms with Gasteiger partial charge in [0.1, 0.15) is 0 Å². The average molecular weight is 251 g/mol. The van der Waals surface area contributed by atoms with Crippen molar-refractivity contribution in [3.05, 3.63) is 28.8 Å². The van der Waals surface area contributed by atoms with Crippen molar-refractivity contribution in [2.45, 2.75) is 6.92 Å². The summed E-state index contributed by atoms with van der Waals surface area (Å²) in [5.74, 6) is 4.82. The predicted molar refractivity (Wildman–Crippen MR) is 62.5 cm³/mol. The fraction of sp³-hybridized carbons (Fsp3) is 0.222. The van der Waals surface area contributed by atoms with E-state index in [0.717, 1.165) is 0 Å². The van der Waals surface area contributed by atoms with Crippen molar-refractivity contribution in [2.75, 3.05) is 12.0 Å². The fourth-order valence-corrected chi connectivity index (χ4v) is 1.15. The van der Waals surface area contributed by atoms with E-state index < -0.39 is 0 Å². The quantitative estimate of drug-likeness (QED) is 0.491. The molecular formula is C9H12Cl2N2O2. The molecule has 0 aromatic heterocycles. The van der Waals surface area contributed by atoms with Crippen LogP contribution < -0.4 is 11.3 Å². The number of halogens is 2. The first-order chi connectivity index (χ1) is 6.69. The summed E-state index contributed by atoms with van der Waals surface area (Å²) in [5.41, 5.74) is 3.31. The predicted octanol–water partition coefficient (Wildman–Crippen LogP) is 2.22. The van der Waals surface area contributed by atoms with Crippen LogP contribution in [0.5, 0.6) is 0 Å². The highest BCUT2D eigenvalue weighted by Gasteiger charge is 2.08. The Balaban J connectivity index is 0.00000196. The van der Waals surface area contributed by atoms with Crippen molar-refractivity contribution >= 4 is 35.7 Å². The molecule has 1 aromatic carbocycles. The molecular weight excluding hydrogens is 239 g/mol. The Labute approximate surface area is 99.1 Å². The first-order valence-corrected chi connectivity index (χ1v) is 4.50. The number of carbonyl (C=O) groups excluding carboxylic acids is 1. The number of nitrogen functional groups attached to an aromatic ring is 1. The highest BCUT2D eigenvalue weighted by Crippen LogP contribution is 2.22. The molecule has 0 aliphatic rings. The van der Waals surface area contributed by atoms with Gasteiger partial charge in [0.05, 0.1) is 22.9 Å². The fourth-order valence-electron chi connectivity index (χ4n) is 0.977. The Morgan fingerprint density at radius 2 is 2.27 bits per heavy atom. The van der Waals surface area contributed by atoms with Crippen molar-refractivity contribution < 1.29 is 9.53 Å². The lowest BCUT2D eigenvalue weighted by molar-refractivity contribution is 0.0526. The minimum absolute atomic E-state index is 0. The zero-order chi connectivity index (χ0) is 10.6. The number of ether oxygens (including phenoxy) is 1. The number of hydrazine groups is 1. The molecule has 6 heteroatoms. The highest BCUT2D eigenvalue weighted by atomic mass is 35.5. The summed E-state index contributed by atoms with van der Waals surface area (Å²) >= 11 is 5.78. The minimum Gasteiger partial charge on any atom is -0.462 e. The van der Waals surface area contributed by atoms with E-state index in [2.05, 4.69) is 5.43 Å². The largest absolute Gasteiger partial charge is 0.462 e. The second kappa shape index (κ2) is 6.50. The Bertz CT molecular complexity index is 345. The SMILES string of the molecule is CCOC(=O)c1ccc(Cl)c(NN)c1.Cl. The van der Waals surface area contributed by atoms with E-state index in [0.29, 0.717) is 22.9 Å². The van der Waals surface area contributed by atoms with E-state index in [9.17, 15) is 4.79 Å². The third-order valence-corrected chi connectivity index (χ3v) is 1.96. The van der Waals surface area contributed by atoms with Gasteiger partial charge in [0.2, 0.25) is 0 Å². The lowest BCUT2D eigenvalue weighted by Gasteiger charge is -2.06. The number of benzene rings is 1. The van der Waals surface area contributed by atoms with Crippen LogP contribution in [0.1, 0.15) is 17.3 Å². The maximum absolute atomic E-state index is 11.3. The molecule has 1 aromatic rings. The third-order valence-electron chi connectivity index (χ3n) is 1.63. The second-order valence-electron chi connectivity index (χ2n) is 2.56. The summed E-state index contributed by atoms with van der Waals surface area (Å²) in [7, 11) is 0. The van der Waals surface area contributed by atoms with Gasteiger partial charge in [-0.2, -0.15) is 0 Å². The summed E-state index contributed by atoms with van der Waals surface area (Å²) in [4.78, 5) is 11.3. The maximum atomic E-state index is 11.3. The van der Waals surface area contributed by atoms with E-state index in [1.165, 1.54) is 0 Å². The van der Waals surface area contributed by atoms with Gasteiger partial charge in [-0.15, -0.1) is 12.4 Å². The van der Waals surface area contributed by atoms with Crippen LogP contribution in [-0.4, -0.2) is 12.6 Å².